The number of benzene rings is 1. The topological polar surface area (TPSA) is 220 Å². The number of rotatable bonds is 17. The van der Waals surface area contributed by atoms with Gasteiger partial charge in [0.25, 0.3) is 0 Å². The molecule has 1 aromatic rings. The van der Waals surface area contributed by atoms with Crippen molar-refractivity contribution in [1.82, 2.24) is 26.2 Å². The first-order valence-corrected chi connectivity index (χ1v) is 16.0. The lowest BCUT2D eigenvalue weighted by atomic mass is 9.96. The second kappa shape index (κ2) is 18.1. The third-order valence-electron chi connectivity index (χ3n) is 7.48. The van der Waals surface area contributed by atoms with E-state index in [1.807, 2.05) is 13.2 Å². The van der Waals surface area contributed by atoms with Gasteiger partial charge in [0.1, 0.15) is 36.5 Å². The number of aromatic hydroxyl groups is 1. The SMILES string of the molecule is CC[C@H](C)[C@H](NC(=O)[C@H](CCSC)NC(=O)CN)C(=O)N[C@@H](Cc1ccc(O)cc1)C(=O)N1CCC[C@H]1C(=O)NCC(=O)O. The van der Waals surface area contributed by atoms with Crippen LogP contribution in [0, 0.1) is 5.92 Å². The predicted molar refractivity (Wildman–Crippen MR) is 164 cm³/mol. The molecule has 0 unspecified atom stereocenters. The summed E-state index contributed by atoms with van der Waals surface area (Å²) in [6.45, 7) is 2.97. The van der Waals surface area contributed by atoms with E-state index < -0.39 is 66.2 Å². The van der Waals surface area contributed by atoms with Crippen molar-refractivity contribution in [2.24, 2.45) is 11.7 Å². The number of carbonyl (C=O) groups is 6. The Hall–Kier alpha value is -3.85. The number of phenols is 1. The molecule has 1 aliphatic rings. The highest BCUT2D eigenvalue weighted by Gasteiger charge is 2.39. The number of hydrogen-bond donors (Lipinski definition) is 7. The number of nitrogens with zero attached hydrogens (tertiary/aromatic N) is 1. The van der Waals surface area contributed by atoms with Gasteiger partial charge in [-0.05, 0) is 54.9 Å². The van der Waals surface area contributed by atoms with Crippen LogP contribution in [0.3, 0.4) is 0 Å². The molecule has 244 valence electrons. The minimum atomic E-state index is -1.22. The van der Waals surface area contributed by atoms with Crippen LogP contribution in [0.2, 0.25) is 0 Å². The zero-order chi connectivity index (χ0) is 32.8. The predicted octanol–water partition coefficient (Wildman–Crippen LogP) is -0.661. The molecule has 8 N–H and O–H groups in total. The van der Waals surface area contributed by atoms with Gasteiger partial charge in [0.2, 0.25) is 29.5 Å². The fraction of sp³-hybridized carbons (Fsp3) is 0.586. The Bertz CT molecular complexity index is 1170. The van der Waals surface area contributed by atoms with Gasteiger partial charge in [-0.25, -0.2) is 0 Å². The standard InChI is InChI=1S/C29H44N6O8S/c1-4-17(2)25(34-26(40)20(11-13-44-3)32-23(37)15-30)28(42)33-21(14-18-7-9-19(36)10-8-18)29(43)35-12-5-6-22(35)27(41)31-16-24(38)39/h7-10,17,20-22,25,36H,4-6,11-16,30H2,1-3H3,(H,31,41)(H,32,37)(H,33,42)(H,34,40)(H,38,39)/t17-,20-,21-,22-,25-/m0/s1. The summed E-state index contributed by atoms with van der Waals surface area (Å²) in [5, 5.41) is 29.1. The van der Waals surface area contributed by atoms with E-state index in [1.54, 1.807) is 19.1 Å². The van der Waals surface area contributed by atoms with Crippen LogP contribution in [-0.2, 0) is 35.2 Å². The van der Waals surface area contributed by atoms with Crippen molar-refractivity contribution in [3.8, 4) is 5.75 Å². The van der Waals surface area contributed by atoms with E-state index in [0.29, 0.717) is 37.0 Å². The number of aliphatic carboxylic acids is 1. The fourth-order valence-electron chi connectivity index (χ4n) is 4.83. The highest BCUT2D eigenvalue weighted by Crippen LogP contribution is 2.21. The molecule has 0 radical (unpaired) electrons. The van der Waals surface area contributed by atoms with Crippen LogP contribution in [0.1, 0.15) is 45.1 Å². The van der Waals surface area contributed by atoms with Gasteiger partial charge in [0.15, 0.2) is 0 Å². The van der Waals surface area contributed by atoms with Crippen LogP contribution in [0.15, 0.2) is 24.3 Å². The molecule has 1 aromatic carbocycles. The summed E-state index contributed by atoms with van der Waals surface area (Å²) < 4.78 is 0. The number of amides is 5. The number of nitrogens with two attached hydrogens (primary N) is 1. The monoisotopic (exact) mass is 636 g/mol. The molecule has 14 nitrogen and oxygen atoms in total. The molecule has 0 aliphatic carbocycles. The molecule has 0 saturated carbocycles. The Labute approximate surface area is 261 Å². The van der Waals surface area contributed by atoms with Gasteiger partial charge >= 0.3 is 5.97 Å². The van der Waals surface area contributed by atoms with Crippen molar-refractivity contribution in [3.05, 3.63) is 29.8 Å². The quantitative estimate of drug-likeness (QED) is 0.114. The molecule has 1 heterocycles. The average Bonchev–Trinajstić information content (AvgIpc) is 3.50. The maximum atomic E-state index is 13.9. The Morgan fingerprint density at radius 1 is 1.05 bits per heavy atom. The highest BCUT2D eigenvalue weighted by atomic mass is 32.2. The molecule has 1 fully saturated rings. The lowest BCUT2D eigenvalue weighted by Gasteiger charge is -2.31. The van der Waals surface area contributed by atoms with Crippen LogP contribution < -0.4 is 27.0 Å². The minimum absolute atomic E-state index is 0.0210. The first-order valence-electron chi connectivity index (χ1n) is 14.6. The zero-order valence-corrected chi connectivity index (χ0v) is 26.2. The van der Waals surface area contributed by atoms with Crippen molar-refractivity contribution in [2.75, 3.05) is 31.6 Å². The molecule has 1 saturated heterocycles. The van der Waals surface area contributed by atoms with E-state index in [4.69, 9.17) is 10.8 Å². The highest BCUT2D eigenvalue weighted by molar-refractivity contribution is 7.98. The van der Waals surface area contributed by atoms with Crippen molar-refractivity contribution >= 4 is 47.3 Å². The van der Waals surface area contributed by atoms with Crippen LogP contribution in [0.25, 0.3) is 0 Å². The van der Waals surface area contributed by atoms with E-state index in [0.717, 1.165) is 0 Å². The van der Waals surface area contributed by atoms with Crippen LogP contribution in [-0.4, -0.2) is 106 Å². The first-order chi connectivity index (χ1) is 20.9. The number of carboxylic acid groups (broad SMARTS) is 1. The summed E-state index contributed by atoms with van der Waals surface area (Å²) in [4.78, 5) is 77.9. The number of likely N-dealkylation sites (tertiary alicyclic amines) is 1. The van der Waals surface area contributed by atoms with Gasteiger partial charge in [-0.1, -0.05) is 32.4 Å². The molecule has 0 aromatic heterocycles. The summed E-state index contributed by atoms with van der Waals surface area (Å²) in [6, 6.07) is 2.08. The maximum absolute atomic E-state index is 13.9. The maximum Gasteiger partial charge on any atom is 0.322 e. The number of nitrogens with one attached hydrogen (secondary N) is 4. The van der Waals surface area contributed by atoms with Gasteiger partial charge in [-0.2, -0.15) is 11.8 Å². The minimum Gasteiger partial charge on any atom is -0.508 e. The Morgan fingerprint density at radius 2 is 1.73 bits per heavy atom. The Morgan fingerprint density at radius 3 is 2.32 bits per heavy atom. The number of hydrogen-bond acceptors (Lipinski definition) is 9. The second-order valence-electron chi connectivity index (χ2n) is 10.7. The molecule has 1 aliphatic heterocycles. The fourth-order valence-corrected chi connectivity index (χ4v) is 5.30. The van der Waals surface area contributed by atoms with Crippen LogP contribution in [0.4, 0.5) is 0 Å². The van der Waals surface area contributed by atoms with Gasteiger partial charge < -0.3 is 42.1 Å². The van der Waals surface area contributed by atoms with Crippen LogP contribution >= 0.6 is 11.8 Å². The number of carboxylic acids is 1. The van der Waals surface area contributed by atoms with E-state index >= 15 is 0 Å². The molecule has 44 heavy (non-hydrogen) atoms. The van der Waals surface area contributed by atoms with E-state index in [-0.39, 0.29) is 31.2 Å². The van der Waals surface area contributed by atoms with Gasteiger partial charge in [0.05, 0.1) is 6.54 Å². The number of thioether (sulfide) groups is 1. The molecule has 5 atom stereocenters. The van der Waals surface area contributed by atoms with Gasteiger partial charge in [-0.15, -0.1) is 0 Å². The van der Waals surface area contributed by atoms with Crippen LogP contribution in [0.5, 0.6) is 5.75 Å². The van der Waals surface area contributed by atoms with Gasteiger partial charge in [0, 0.05) is 13.0 Å². The first kappa shape index (κ1) is 36.3. The van der Waals surface area contributed by atoms with E-state index in [1.165, 1.54) is 28.8 Å². The Balaban J connectivity index is 2.33. The second-order valence-corrected chi connectivity index (χ2v) is 11.7. The summed E-state index contributed by atoms with van der Waals surface area (Å²) in [7, 11) is 0. The van der Waals surface area contributed by atoms with E-state index in [9.17, 15) is 33.9 Å². The van der Waals surface area contributed by atoms with Crippen molar-refractivity contribution in [2.45, 2.75) is 70.1 Å². The largest absolute Gasteiger partial charge is 0.508 e. The summed E-state index contributed by atoms with van der Waals surface area (Å²) in [5.74, 6) is -3.81. The molecule has 0 spiro atoms. The third kappa shape index (κ3) is 11.0. The van der Waals surface area contributed by atoms with Crippen molar-refractivity contribution in [3.63, 3.8) is 0 Å². The smallest absolute Gasteiger partial charge is 0.322 e. The zero-order valence-electron chi connectivity index (χ0n) is 25.3. The summed E-state index contributed by atoms with van der Waals surface area (Å²) in [5.41, 5.74) is 6.04. The average molecular weight is 637 g/mol. The molecule has 15 heteroatoms. The molecular weight excluding hydrogens is 592 g/mol. The summed E-state index contributed by atoms with van der Waals surface area (Å²) >= 11 is 1.49. The molecule has 5 amide bonds. The normalized spacial score (nSPS) is 17.1. The van der Waals surface area contributed by atoms with Gasteiger partial charge in [-0.3, -0.25) is 28.8 Å². The summed E-state index contributed by atoms with van der Waals surface area (Å²) in [6.07, 6.45) is 3.55. The lowest BCUT2D eigenvalue weighted by molar-refractivity contribution is -0.143. The molecular formula is C29H44N6O8S. The van der Waals surface area contributed by atoms with E-state index in [2.05, 4.69) is 21.3 Å². The molecule has 2 rings (SSSR count). The number of carbonyl (C=O) groups excluding carboxylic acids is 5. The lowest BCUT2D eigenvalue weighted by Crippen LogP contribution is -2.60. The third-order valence-corrected chi connectivity index (χ3v) is 8.13. The Kier molecular flexibility index (Phi) is 14.9. The van der Waals surface area contributed by atoms with Crippen molar-refractivity contribution < 1.29 is 39.0 Å². The molecule has 0 bridgehead atoms. The van der Waals surface area contributed by atoms with Crippen molar-refractivity contribution in [1.29, 1.82) is 0 Å². The number of phenolic OH excluding ortho intramolecular Hbond substituents is 1.